The molecule has 7 nitrogen and oxygen atoms in total. The van der Waals surface area contributed by atoms with E-state index in [0.717, 1.165) is 71.7 Å². The van der Waals surface area contributed by atoms with Crippen LogP contribution < -0.4 is 9.64 Å². The van der Waals surface area contributed by atoms with E-state index >= 15 is 0 Å². The van der Waals surface area contributed by atoms with E-state index in [1.54, 1.807) is 0 Å². The van der Waals surface area contributed by atoms with Crippen LogP contribution >= 0.6 is 0 Å². The van der Waals surface area contributed by atoms with Gasteiger partial charge in [0.15, 0.2) is 0 Å². The van der Waals surface area contributed by atoms with E-state index in [1.165, 1.54) is 32.4 Å². The average Bonchev–Trinajstić information content (AvgIpc) is 3.53. The van der Waals surface area contributed by atoms with E-state index in [0.29, 0.717) is 19.1 Å². The number of hydrogen-bond donors (Lipinski definition) is 0. The first-order chi connectivity index (χ1) is 21.5. The molecule has 44 heavy (non-hydrogen) atoms. The van der Waals surface area contributed by atoms with Crippen molar-refractivity contribution in [2.75, 3.05) is 24.5 Å². The molecule has 2 aromatic heterocycles. The number of hydrogen-bond acceptors (Lipinski definition) is 5. The third-order valence-electron chi connectivity index (χ3n) is 9.06. The van der Waals surface area contributed by atoms with Gasteiger partial charge in [-0.3, -0.25) is 14.5 Å². The number of amides is 1. The largest absolute Gasteiger partial charge is 0.489 e. The van der Waals surface area contributed by atoms with Crippen molar-refractivity contribution in [3.8, 4) is 5.75 Å². The number of piperidine rings is 1. The molecule has 0 radical (unpaired) electrons. The first kappa shape index (κ1) is 30.1. The van der Waals surface area contributed by atoms with Crippen molar-refractivity contribution in [1.29, 1.82) is 0 Å². The van der Waals surface area contributed by atoms with Gasteiger partial charge in [0.1, 0.15) is 12.4 Å². The van der Waals surface area contributed by atoms with Crippen molar-refractivity contribution in [3.63, 3.8) is 0 Å². The molecular weight excluding hydrogens is 546 g/mol. The van der Waals surface area contributed by atoms with Crippen LogP contribution in [0.4, 0.5) is 5.69 Å². The van der Waals surface area contributed by atoms with Gasteiger partial charge in [0.05, 0.1) is 37.1 Å². The maximum atomic E-state index is 14.5. The molecular formula is C37H45N5O2. The van der Waals surface area contributed by atoms with E-state index in [1.807, 2.05) is 64.4 Å². The molecule has 230 valence electrons. The van der Waals surface area contributed by atoms with Gasteiger partial charge in [0, 0.05) is 24.0 Å². The molecule has 1 amide bonds. The number of carbonyl (C=O) groups excluding carboxylic acids is 1. The summed E-state index contributed by atoms with van der Waals surface area (Å²) in [6, 6.07) is 20.5. The highest BCUT2D eigenvalue weighted by atomic mass is 16.5. The number of likely N-dealkylation sites (tertiary alicyclic amines) is 1. The molecule has 4 aromatic rings. The summed E-state index contributed by atoms with van der Waals surface area (Å²) in [6.45, 7) is 9.48. The first-order valence-electron chi connectivity index (χ1n) is 16.3. The number of ether oxygens (including phenoxy) is 1. The standard InChI is InChI=1S/C37H45N5O2/c1-28(2)35-18-17-31(24-38-35)42(26-30-23-39-41(25-30)22-21-40-19-7-4-8-20-40)37(43)34-15-9-14-33-32(34)13-10-16-36(33)44-27-29-11-5-3-6-12-29/h3,5-6,10-13,16-18,23-25,28,34H,4,7-9,14-15,19-22,26-27H2,1-2H3. The molecule has 3 heterocycles. The molecule has 1 aliphatic heterocycles. The van der Waals surface area contributed by atoms with E-state index in [9.17, 15) is 4.79 Å². The zero-order valence-corrected chi connectivity index (χ0v) is 26.2. The fourth-order valence-corrected chi connectivity index (χ4v) is 6.55. The first-order valence-corrected chi connectivity index (χ1v) is 16.3. The summed E-state index contributed by atoms with van der Waals surface area (Å²) < 4.78 is 8.34. The second-order valence-electron chi connectivity index (χ2n) is 12.6. The van der Waals surface area contributed by atoms with Crippen molar-refractivity contribution < 1.29 is 9.53 Å². The predicted molar refractivity (Wildman–Crippen MR) is 175 cm³/mol. The molecule has 2 aromatic carbocycles. The van der Waals surface area contributed by atoms with E-state index < -0.39 is 0 Å². The van der Waals surface area contributed by atoms with Crippen LogP contribution in [-0.2, 0) is 30.9 Å². The lowest BCUT2D eigenvalue weighted by Crippen LogP contribution is -2.36. The van der Waals surface area contributed by atoms with Gasteiger partial charge in [-0.05, 0) is 86.0 Å². The Morgan fingerprint density at radius 1 is 0.932 bits per heavy atom. The lowest BCUT2D eigenvalue weighted by Gasteiger charge is -2.31. The minimum Gasteiger partial charge on any atom is -0.489 e. The van der Waals surface area contributed by atoms with Crippen LogP contribution in [0.1, 0.15) is 85.7 Å². The lowest BCUT2D eigenvalue weighted by atomic mass is 9.81. The molecule has 1 atom stereocenters. The predicted octanol–water partition coefficient (Wildman–Crippen LogP) is 7.12. The Morgan fingerprint density at radius 3 is 2.55 bits per heavy atom. The van der Waals surface area contributed by atoms with Gasteiger partial charge >= 0.3 is 0 Å². The number of anilines is 1. The second-order valence-corrected chi connectivity index (χ2v) is 12.6. The van der Waals surface area contributed by atoms with Crippen molar-refractivity contribution in [1.82, 2.24) is 19.7 Å². The molecule has 0 saturated carbocycles. The lowest BCUT2D eigenvalue weighted by molar-refractivity contribution is -0.120. The third-order valence-corrected chi connectivity index (χ3v) is 9.06. The number of fused-ring (bicyclic) bond motifs is 1. The monoisotopic (exact) mass is 591 g/mol. The molecule has 1 unspecified atom stereocenters. The average molecular weight is 592 g/mol. The van der Waals surface area contributed by atoms with Crippen LogP contribution in [0.3, 0.4) is 0 Å². The van der Waals surface area contributed by atoms with Gasteiger partial charge in [-0.25, -0.2) is 0 Å². The van der Waals surface area contributed by atoms with Gasteiger partial charge in [-0.2, -0.15) is 5.10 Å². The molecule has 6 rings (SSSR count). The molecule has 1 saturated heterocycles. The van der Waals surface area contributed by atoms with Gasteiger partial charge < -0.3 is 14.5 Å². The zero-order chi connectivity index (χ0) is 30.3. The maximum Gasteiger partial charge on any atom is 0.234 e. The van der Waals surface area contributed by atoms with Crippen LogP contribution in [0.25, 0.3) is 0 Å². The fourth-order valence-electron chi connectivity index (χ4n) is 6.55. The molecule has 1 fully saturated rings. The van der Waals surface area contributed by atoms with Crippen molar-refractivity contribution in [2.45, 2.75) is 83.9 Å². The van der Waals surface area contributed by atoms with Crippen molar-refractivity contribution >= 4 is 11.6 Å². The van der Waals surface area contributed by atoms with Gasteiger partial charge in [0.25, 0.3) is 0 Å². The summed E-state index contributed by atoms with van der Waals surface area (Å²) in [7, 11) is 0. The van der Waals surface area contributed by atoms with Gasteiger partial charge in [-0.15, -0.1) is 0 Å². The molecule has 0 bridgehead atoms. The Bertz CT molecular complexity index is 1510. The van der Waals surface area contributed by atoms with Crippen LogP contribution in [0.2, 0.25) is 0 Å². The fraction of sp³-hybridized carbons (Fsp3) is 0.432. The van der Waals surface area contributed by atoms with Crippen LogP contribution in [0.5, 0.6) is 5.75 Å². The van der Waals surface area contributed by atoms with Gasteiger partial charge in [0.2, 0.25) is 5.91 Å². The summed E-state index contributed by atoms with van der Waals surface area (Å²) in [5.41, 5.74) is 6.25. The van der Waals surface area contributed by atoms with Gasteiger partial charge in [-0.1, -0.05) is 62.7 Å². The minimum atomic E-state index is -0.238. The zero-order valence-electron chi connectivity index (χ0n) is 26.2. The normalized spacial score (nSPS) is 16.9. The van der Waals surface area contributed by atoms with E-state index in [4.69, 9.17) is 9.72 Å². The molecule has 7 heteroatoms. The van der Waals surface area contributed by atoms with Crippen molar-refractivity contribution in [3.05, 3.63) is 107 Å². The van der Waals surface area contributed by atoms with Crippen LogP contribution in [-0.4, -0.2) is 45.2 Å². The molecule has 1 aliphatic carbocycles. The number of aromatic nitrogens is 3. The Labute approximate surface area is 261 Å². The summed E-state index contributed by atoms with van der Waals surface area (Å²) in [6.07, 6.45) is 12.5. The topological polar surface area (TPSA) is 63.5 Å². The number of nitrogens with zero attached hydrogens (tertiary/aromatic N) is 5. The molecule has 2 aliphatic rings. The number of benzene rings is 2. The Kier molecular flexibility index (Phi) is 9.71. The Morgan fingerprint density at radius 2 is 1.77 bits per heavy atom. The van der Waals surface area contributed by atoms with Crippen LogP contribution in [0, 0.1) is 0 Å². The highest BCUT2D eigenvalue weighted by Gasteiger charge is 2.32. The Balaban J connectivity index is 1.23. The summed E-state index contributed by atoms with van der Waals surface area (Å²) in [4.78, 5) is 23.7. The SMILES string of the molecule is CC(C)c1ccc(N(Cc2cnn(CCN3CCCCC3)c2)C(=O)C2CCCc3c(OCc4ccccc4)cccc32)cn1. The smallest absolute Gasteiger partial charge is 0.234 e. The highest BCUT2D eigenvalue weighted by Crippen LogP contribution is 2.39. The number of rotatable bonds is 11. The maximum absolute atomic E-state index is 14.5. The summed E-state index contributed by atoms with van der Waals surface area (Å²) in [5.74, 6) is 1.07. The molecule has 0 N–H and O–H groups in total. The summed E-state index contributed by atoms with van der Waals surface area (Å²) in [5, 5.41) is 4.67. The van der Waals surface area contributed by atoms with E-state index in [2.05, 4.69) is 48.2 Å². The highest BCUT2D eigenvalue weighted by molar-refractivity contribution is 5.98. The van der Waals surface area contributed by atoms with Crippen molar-refractivity contribution in [2.24, 2.45) is 0 Å². The number of carbonyl (C=O) groups is 1. The van der Waals surface area contributed by atoms with Crippen LogP contribution in [0.15, 0.2) is 79.3 Å². The quantitative estimate of drug-likeness (QED) is 0.186. The number of pyridine rings is 1. The Hall–Kier alpha value is -3.97. The van der Waals surface area contributed by atoms with E-state index in [-0.39, 0.29) is 11.8 Å². The molecule has 0 spiro atoms. The third kappa shape index (κ3) is 7.21. The minimum absolute atomic E-state index is 0.103. The summed E-state index contributed by atoms with van der Waals surface area (Å²) >= 11 is 0. The second kappa shape index (κ2) is 14.2.